The van der Waals surface area contributed by atoms with Gasteiger partial charge >= 0.3 is 0 Å². The molecule has 0 aliphatic carbocycles. The van der Waals surface area contributed by atoms with Crippen LogP contribution in [0.25, 0.3) is 0 Å². The first-order valence-corrected chi connectivity index (χ1v) is 6.56. The Morgan fingerprint density at radius 2 is 2.06 bits per heavy atom. The lowest BCUT2D eigenvalue weighted by Gasteiger charge is -2.10. The van der Waals surface area contributed by atoms with E-state index in [0.29, 0.717) is 32.6 Å². The standard InChI is InChI=1S/C11H8BrCl2N3O/c1-6-15-4-8(12)11(18)17(6)5-7-3-16-10(14)2-9(7)13/h2-4H,5H2,1H3. The van der Waals surface area contributed by atoms with Crippen molar-refractivity contribution in [2.75, 3.05) is 0 Å². The molecule has 0 unspecified atom stereocenters. The average molecular weight is 349 g/mol. The molecule has 4 nitrogen and oxygen atoms in total. The minimum atomic E-state index is -0.159. The van der Waals surface area contributed by atoms with Crippen LogP contribution in [0.15, 0.2) is 27.7 Å². The molecule has 94 valence electrons. The zero-order valence-electron chi connectivity index (χ0n) is 9.32. The summed E-state index contributed by atoms with van der Waals surface area (Å²) in [5.41, 5.74) is 0.555. The molecule has 0 aliphatic heterocycles. The first-order chi connectivity index (χ1) is 8.49. The molecule has 0 aliphatic rings. The highest BCUT2D eigenvalue weighted by Crippen LogP contribution is 2.19. The summed E-state index contributed by atoms with van der Waals surface area (Å²) >= 11 is 14.9. The number of hydrogen-bond acceptors (Lipinski definition) is 3. The molecule has 7 heteroatoms. The van der Waals surface area contributed by atoms with E-state index in [0.717, 1.165) is 0 Å². The van der Waals surface area contributed by atoms with Gasteiger partial charge in [0.25, 0.3) is 5.56 Å². The van der Waals surface area contributed by atoms with Crippen LogP contribution in [-0.4, -0.2) is 14.5 Å². The van der Waals surface area contributed by atoms with Crippen molar-refractivity contribution in [2.45, 2.75) is 13.5 Å². The van der Waals surface area contributed by atoms with Crippen molar-refractivity contribution < 1.29 is 0 Å². The number of rotatable bonds is 2. The summed E-state index contributed by atoms with van der Waals surface area (Å²) in [5, 5.41) is 0.793. The van der Waals surface area contributed by atoms with Gasteiger partial charge in [-0.2, -0.15) is 0 Å². The van der Waals surface area contributed by atoms with E-state index < -0.39 is 0 Å². The van der Waals surface area contributed by atoms with Crippen LogP contribution >= 0.6 is 39.1 Å². The predicted molar refractivity (Wildman–Crippen MR) is 74.3 cm³/mol. The van der Waals surface area contributed by atoms with Crippen LogP contribution in [-0.2, 0) is 6.54 Å². The van der Waals surface area contributed by atoms with Crippen LogP contribution in [0.1, 0.15) is 11.4 Å². The zero-order valence-corrected chi connectivity index (χ0v) is 12.4. The van der Waals surface area contributed by atoms with E-state index in [2.05, 4.69) is 25.9 Å². The van der Waals surface area contributed by atoms with Crippen molar-refractivity contribution in [1.29, 1.82) is 0 Å². The van der Waals surface area contributed by atoms with E-state index in [9.17, 15) is 4.79 Å². The van der Waals surface area contributed by atoms with E-state index in [1.54, 1.807) is 19.2 Å². The van der Waals surface area contributed by atoms with Gasteiger partial charge in [0.1, 0.15) is 15.5 Å². The molecule has 0 radical (unpaired) electrons. The smallest absolute Gasteiger partial charge is 0.268 e. The first kappa shape index (κ1) is 13.5. The Kier molecular flexibility index (Phi) is 4.04. The molecule has 18 heavy (non-hydrogen) atoms. The molecule has 2 aromatic rings. The molecule has 0 amide bonds. The van der Waals surface area contributed by atoms with Gasteiger partial charge in [0.05, 0.1) is 11.6 Å². The molecule has 0 saturated heterocycles. The Balaban J connectivity index is 2.46. The summed E-state index contributed by atoms with van der Waals surface area (Å²) < 4.78 is 1.92. The van der Waals surface area contributed by atoms with Gasteiger partial charge in [0, 0.05) is 18.0 Å². The quantitative estimate of drug-likeness (QED) is 0.783. The lowest BCUT2D eigenvalue weighted by atomic mass is 10.3. The maximum Gasteiger partial charge on any atom is 0.268 e. The fourth-order valence-electron chi connectivity index (χ4n) is 1.46. The molecule has 0 N–H and O–H groups in total. The van der Waals surface area contributed by atoms with Crippen molar-refractivity contribution in [1.82, 2.24) is 14.5 Å². The number of halogens is 3. The minimum absolute atomic E-state index is 0.159. The fourth-order valence-corrected chi connectivity index (χ4v) is 2.20. The van der Waals surface area contributed by atoms with Crippen LogP contribution in [0.5, 0.6) is 0 Å². The summed E-state index contributed by atoms with van der Waals surface area (Å²) in [6.45, 7) is 2.06. The molecule has 0 bridgehead atoms. The monoisotopic (exact) mass is 347 g/mol. The van der Waals surface area contributed by atoms with Gasteiger partial charge in [-0.25, -0.2) is 9.97 Å². The highest BCUT2D eigenvalue weighted by Gasteiger charge is 2.09. The third-order valence-corrected chi connectivity index (χ3v) is 3.53. The Morgan fingerprint density at radius 3 is 2.72 bits per heavy atom. The summed E-state index contributed by atoms with van der Waals surface area (Å²) in [7, 11) is 0. The number of aromatic nitrogens is 3. The minimum Gasteiger partial charge on any atom is -0.291 e. The highest BCUT2D eigenvalue weighted by molar-refractivity contribution is 9.10. The third kappa shape index (κ3) is 2.74. The zero-order chi connectivity index (χ0) is 13.3. The highest BCUT2D eigenvalue weighted by atomic mass is 79.9. The molecule has 0 fully saturated rings. The van der Waals surface area contributed by atoms with Gasteiger partial charge in [-0.05, 0) is 28.9 Å². The van der Waals surface area contributed by atoms with E-state index >= 15 is 0 Å². The number of pyridine rings is 1. The maximum absolute atomic E-state index is 12.0. The lowest BCUT2D eigenvalue weighted by Crippen LogP contribution is -2.24. The van der Waals surface area contributed by atoms with Crippen molar-refractivity contribution in [3.63, 3.8) is 0 Å². The van der Waals surface area contributed by atoms with E-state index in [4.69, 9.17) is 23.2 Å². The number of hydrogen-bond donors (Lipinski definition) is 0. The van der Waals surface area contributed by atoms with Gasteiger partial charge in [-0.3, -0.25) is 9.36 Å². The van der Waals surface area contributed by atoms with Crippen molar-refractivity contribution in [3.05, 3.63) is 54.9 Å². The molecular weight excluding hydrogens is 341 g/mol. The number of nitrogens with zero attached hydrogens (tertiary/aromatic N) is 3. The average Bonchev–Trinajstić information content (AvgIpc) is 2.32. The molecule has 0 spiro atoms. The van der Waals surface area contributed by atoms with Gasteiger partial charge in [0.15, 0.2) is 0 Å². The summed E-state index contributed by atoms with van der Waals surface area (Å²) in [6, 6.07) is 1.55. The van der Waals surface area contributed by atoms with Crippen LogP contribution in [0.2, 0.25) is 10.2 Å². The van der Waals surface area contributed by atoms with Crippen LogP contribution < -0.4 is 5.56 Å². The Hall–Kier alpha value is -0.910. The third-order valence-electron chi connectivity index (χ3n) is 2.43. The second kappa shape index (κ2) is 5.38. The molecule has 2 rings (SSSR count). The van der Waals surface area contributed by atoms with Gasteiger partial charge in [0.2, 0.25) is 0 Å². The fraction of sp³-hybridized carbons (Fsp3) is 0.182. The Labute approximate surface area is 122 Å². The Bertz CT molecular complexity index is 657. The molecule has 0 aromatic carbocycles. The predicted octanol–water partition coefficient (Wildman–Crippen LogP) is 3.06. The normalized spacial score (nSPS) is 10.7. The second-order valence-electron chi connectivity index (χ2n) is 3.64. The summed E-state index contributed by atoms with van der Waals surface area (Å²) in [6.07, 6.45) is 3.04. The number of aryl methyl sites for hydroxylation is 1. The van der Waals surface area contributed by atoms with Crippen molar-refractivity contribution in [2.24, 2.45) is 0 Å². The van der Waals surface area contributed by atoms with Crippen LogP contribution in [0.3, 0.4) is 0 Å². The largest absolute Gasteiger partial charge is 0.291 e. The van der Waals surface area contributed by atoms with Gasteiger partial charge < -0.3 is 0 Å². The van der Waals surface area contributed by atoms with Gasteiger partial charge in [-0.15, -0.1) is 0 Å². The van der Waals surface area contributed by atoms with Crippen LogP contribution in [0, 0.1) is 6.92 Å². The molecule has 2 aromatic heterocycles. The van der Waals surface area contributed by atoms with Crippen molar-refractivity contribution in [3.8, 4) is 0 Å². The first-order valence-electron chi connectivity index (χ1n) is 5.01. The summed E-state index contributed by atoms with van der Waals surface area (Å²) in [4.78, 5) is 20.0. The molecule has 2 heterocycles. The SMILES string of the molecule is Cc1ncc(Br)c(=O)n1Cc1cnc(Cl)cc1Cl. The summed E-state index contributed by atoms with van der Waals surface area (Å²) in [5.74, 6) is 0.606. The molecular formula is C11H8BrCl2N3O. The Morgan fingerprint density at radius 1 is 1.33 bits per heavy atom. The molecule has 0 atom stereocenters. The topological polar surface area (TPSA) is 47.8 Å². The maximum atomic E-state index is 12.0. The van der Waals surface area contributed by atoms with Crippen molar-refractivity contribution >= 4 is 39.1 Å². The van der Waals surface area contributed by atoms with E-state index in [-0.39, 0.29) is 5.56 Å². The van der Waals surface area contributed by atoms with E-state index in [1.807, 2.05) is 0 Å². The lowest BCUT2D eigenvalue weighted by molar-refractivity contribution is 0.693. The van der Waals surface area contributed by atoms with Crippen LogP contribution in [0.4, 0.5) is 0 Å². The second-order valence-corrected chi connectivity index (χ2v) is 5.29. The molecule has 0 saturated carbocycles. The van der Waals surface area contributed by atoms with E-state index in [1.165, 1.54) is 10.8 Å². The van der Waals surface area contributed by atoms with Gasteiger partial charge in [-0.1, -0.05) is 23.2 Å².